The summed E-state index contributed by atoms with van der Waals surface area (Å²) in [4.78, 5) is 17.4. The molecule has 3 nitrogen and oxygen atoms in total. The molecule has 1 rings (SSSR count). The summed E-state index contributed by atoms with van der Waals surface area (Å²) >= 11 is 11.4. The molecule has 0 saturated carbocycles. The van der Waals surface area contributed by atoms with Crippen LogP contribution in [0.1, 0.15) is 24.2 Å². The fourth-order valence-electron chi connectivity index (χ4n) is 1.23. The van der Waals surface area contributed by atoms with E-state index < -0.39 is 0 Å². The molecule has 0 fully saturated rings. The zero-order valence-corrected chi connectivity index (χ0v) is 10.1. The highest BCUT2D eigenvalue weighted by molar-refractivity contribution is 6.41. The average molecular weight is 247 g/mol. The largest absolute Gasteiger partial charge is 0.339 e. The van der Waals surface area contributed by atoms with Crippen molar-refractivity contribution in [3.05, 3.63) is 28.0 Å². The third-order valence-corrected chi connectivity index (χ3v) is 2.78. The highest BCUT2D eigenvalue weighted by Crippen LogP contribution is 2.20. The van der Waals surface area contributed by atoms with Gasteiger partial charge in [0.05, 0.1) is 10.6 Å². The van der Waals surface area contributed by atoms with Crippen LogP contribution in [-0.4, -0.2) is 28.9 Å². The van der Waals surface area contributed by atoms with E-state index in [1.807, 2.05) is 13.8 Å². The standard InChI is InChI=1S/C10H12Cl2N2O/c1-3-14(4-2)10(15)7-5-8(11)9(12)13-6-7/h5-6H,3-4H2,1-2H3. The maximum Gasteiger partial charge on any atom is 0.255 e. The molecule has 5 heteroatoms. The minimum absolute atomic E-state index is 0.0777. The van der Waals surface area contributed by atoms with Crippen molar-refractivity contribution < 1.29 is 4.79 Å². The third-order valence-electron chi connectivity index (χ3n) is 2.09. The molecule has 1 heterocycles. The highest BCUT2D eigenvalue weighted by atomic mass is 35.5. The summed E-state index contributed by atoms with van der Waals surface area (Å²) in [5.74, 6) is -0.0777. The molecule has 0 bridgehead atoms. The van der Waals surface area contributed by atoms with Gasteiger partial charge < -0.3 is 4.90 Å². The molecule has 0 unspecified atom stereocenters. The maximum atomic E-state index is 11.9. The Morgan fingerprint density at radius 2 is 2.00 bits per heavy atom. The van der Waals surface area contributed by atoms with Crippen LogP contribution < -0.4 is 0 Å². The van der Waals surface area contributed by atoms with Crippen LogP contribution in [-0.2, 0) is 0 Å². The fraction of sp³-hybridized carbons (Fsp3) is 0.400. The quantitative estimate of drug-likeness (QED) is 0.769. The molecule has 82 valence electrons. The molecule has 0 radical (unpaired) electrons. The van der Waals surface area contributed by atoms with E-state index in [4.69, 9.17) is 23.2 Å². The fourth-order valence-corrected chi connectivity index (χ4v) is 1.50. The summed E-state index contributed by atoms with van der Waals surface area (Å²) in [5.41, 5.74) is 0.466. The number of halogens is 2. The number of rotatable bonds is 3. The number of pyridine rings is 1. The first-order valence-corrected chi connectivity index (χ1v) is 5.46. The molecule has 0 atom stereocenters. The number of hydrogen-bond donors (Lipinski definition) is 0. The SMILES string of the molecule is CCN(CC)C(=O)c1cnc(Cl)c(Cl)c1. The molecule has 1 amide bonds. The first kappa shape index (κ1) is 12.3. The lowest BCUT2D eigenvalue weighted by Crippen LogP contribution is -2.30. The van der Waals surface area contributed by atoms with E-state index in [-0.39, 0.29) is 11.1 Å². The summed E-state index contributed by atoms with van der Waals surface area (Å²) in [6.45, 7) is 5.17. The molecule has 1 aromatic rings. The van der Waals surface area contributed by atoms with Crippen molar-refractivity contribution in [3.8, 4) is 0 Å². The van der Waals surface area contributed by atoms with E-state index in [1.165, 1.54) is 12.3 Å². The summed E-state index contributed by atoms with van der Waals surface area (Å²) in [5, 5.41) is 0.516. The molecular weight excluding hydrogens is 235 g/mol. The van der Waals surface area contributed by atoms with E-state index in [0.29, 0.717) is 23.7 Å². The van der Waals surface area contributed by atoms with Gasteiger partial charge in [0, 0.05) is 19.3 Å². The van der Waals surface area contributed by atoms with Gasteiger partial charge in [-0.15, -0.1) is 0 Å². The molecule has 0 saturated heterocycles. The minimum atomic E-state index is -0.0777. The Morgan fingerprint density at radius 3 is 2.47 bits per heavy atom. The van der Waals surface area contributed by atoms with Crippen LogP contribution in [0.2, 0.25) is 10.2 Å². The average Bonchev–Trinajstić information content (AvgIpc) is 2.23. The Labute approximate surface area is 99.0 Å². The van der Waals surface area contributed by atoms with Gasteiger partial charge in [0.15, 0.2) is 0 Å². The predicted octanol–water partition coefficient (Wildman–Crippen LogP) is 2.87. The van der Waals surface area contributed by atoms with Crippen molar-refractivity contribution in [2.24, 2.45) is 0 Å². The summed E-state index contributed by atoms with van der Waals surface area (Å²) < 4.78 is 0. The smallest absolute Gasteiger partial charge is 0.255 e. The van der Waals surface area contributed by atoms with Crippen LogP contribution in [0.4, 0.5) is 0 Å². The number of amides is 1. The van der Waals surface area contributed by atoms with Gasteiger partial charge in [0.2, 0.25) is 0 Å². The number of hydrogen-bond acceptors (Lipinski definition) is 2. The molecule has 15 heavy (non-hydrogen) atoms. The van der Waals surface area contributed by atoms with Crippen LogP contribution in [0.25, 0.3) is 0 Å². The Morgan fingerprint density at radius 1 is 1.40 bits per heavy atom. The van der Waals surface area contributed by atoms with Gasteiger partial charge in [-0.2, -0.15) is 0 Å². The lowest BCUT2D eigenvalue weighted by Gasteiger charge is -2.18. The van der Waals surface area contributed by atoms with Crippen LogP contribution in [0, 0.1) is 0 Å². The number of carbonyl (C=O) groups excluding carboxylic acids is 1. The summed E-state index contributed by atoms with van der Waals surface area (Å²) in [6.07, 6.45) is 1.44. The van der Waals surface area contributed by atoms with Crippen molar-refractivity contribution in [2.45, 2.75) is 13.8 Å². The molecule has 0 aliphatic carbocycles. The summed E-state index contributed by atoms with van der Waals surface area (Å²) in [7, 11) is 0. The van der Waals surface area contributed by atoms with Crippen LogP contribution >= 0.6 is 23.2 Å². The second-order valence-corrected chi connectivity index (χ2v) is 3.74. The predicted molar refractivity (Wildman–Crippen MR) is 61.5 cm³/mol. The van der Waals surface area contributed by atoms with E-state index in [0.717, 1.165) is 0 Å². The second-order valence-electron chi connectivity index (χ2n) is 2.97. The first-order valence-electron chi connectivity index (χ1n) is 4.70. The molecule has 0 aromatic carbocycles. The van der Waals surface area contributed by atoms with E-state index in [2.05, 4.69) is 4.98 Å². The van der Waals surface area contributed by atoms with Gasteiger partial charge in [-0.1, -0.05) is 23.2 Å². The lowest BCUT2D eigenvalue weighted by molar-refractivity contribution is 0.0772. The lowest BCUT2D eigenvalue weighted by atomic mass is 10.2. The number of aromatic nitrogens is 1. The van der Waals surface area contributed by atoms with Gasteiger partial charge in [-0.25, -0.2) is 4.98 Å². The second kappa shape index (κ2) is 5.33. The van der Waals surface area contributed by atoms with Crippen LogP contribution in [0.15, 0.2) is 12.3 Å². The zero-order valence-electron chi connectivity index (χ0n) is 8.63. The maximum absolute atomic E-state index is 11.9. The van der Waals surface area contributed by atoms with E-state index >= 15 is 0 Å². The molecular formula is C10H12Cl2N2O. The topological polar surface area (TPSA) is 33.2 Å². The molecule has 0 aliphatic rings. The Bertz CT molecular complexity index is 364. The number of nitrogens with zero attached hydrogens (tertiary/aromatic N) is 2. The molecule has 1 aromatic heterocycles. The third kappa shape index (κ3) is 2.83. The molecule has 0 aliphatic heterocycles. The molecule has 0 N–H and O–H groups in total. The Balaban J connectivity index is 2.96. The van der Waals surface area contributed by atoms with Gasteiger partial charge >= 0.3 is 0 Å². The Hall–Kier alpha value is -0.800. The van der Waals surface area contributed by atoms with Crippen LogP contribution in [0.5, 0.6) is 0 Å². The van der Waals surface area contributed by atoms with Crippen LogP contribution in [0.3, 0.4) is 0 Å². The summed E-state index contributed by atoms with van der Waals surface area (Å²) in [6, 6.07) is 1.54. The van der Waals surface area contributed by atoms with Gasteiger partial charge in [-0.05, 0) is 19.9 Å². The Kier molecular flexibility index (Phi) is 4.36. The van der Waals surface area contributed by atoms with Gasteiger partial charge in [0.25, 0.3) is 5.91 Å². The van der Waals surface area contributed by atoms with Crippen molar-refractivity contribution in [2.75, 3.05) is 13.1 Å². The van der Waals surface area contributed by atoms with Crippen molar-refractivity contribution in [1.82, 2.24) is 9.88 Å². The van der Waals surface area contributed by atoms with Gasteiger partial charge in [0.1, 0.15) is 5.15 Å². The minimum Gasteiger partial charge on any atom is -0.339 e. The first-order chi connectivity index (χ1) is 7.10. The highest BCUT2D eigenvalue weighted by Gasteiger charge is 2.13. The normalized spacial score (nSPS) is 10.1. The number of carbonyl (C=O) groups is 1. The van der Waals surface area contributed by atoms with Gasteiger partial charge in [-0.3, -0.25) is 4.79 Å². The van der Waals surface area contributed by atoms with E-state index in [1.54, 1.807) is 4.90 Å². The van der Waals surface area contributed by atoms with Crippen molar-refractivity contribution in [3.63, 3.8) is 0 Å². The zero-order chi connectivity index (χ0) is 11.4. The van der Waals surface area contributed by atoms with Crippen molar-refractivity contribution in [1.29, 1.82) is 0 Å². The monoisotopic (exact) mass is 246 g/mol. The van der Waals surface area contributed by atoms with E-state index in [9.17, 15) is 4.79 Å². The van der Waals surface area contributed by atoms with Crippen molar-refractivity contribution >= 4 is 29.1 Å². The molecule has 0 spiro atoms.